The highest BCUT2D eigenvalue weighted by atomic mass is 17.5. The van der Waals surface area contributed by atoms with Gasteiger partial charge in [0, 0.05) is 13.2 Å². The Morgan fingerprint density at radius 2 is 1.08 bits per heavy atom. The van der Waals surface area contributed by atoms with E-state index in [2.05, 4.69) is 14.8 Å². The van der Waals surface area contributed by atoms with Gasteiger partial charge in [-0.1, -0.05) is 5.04 Å². The van der Waals surface area contributed by atoms with E-state index in [0.29, 0.717) is 13.2 Å². The zero-order valence-electron chi connectivity index (χ0n) is 8.46. The first-order valence-corrected chi connectivity index (χ1v) is 4.32. The zero-order chi connectivity index (χ0) is 9.66. The van der Waals surface area contributed by atoms with Crippen LogP contribution in [0.5, 0.6) is 0 Å². The predicted octanol–water partition coefficient (Wildman–Crippen LogP) is 1.95. The molecule has 0 N–H and O–H groups in total. The van der Waals surface area contributed by atoms with Crippen molar-refractivity contribution in [3.8, 4) is 0 Å². The number of rotatable bonds is 6. The summed E-state index contributed by atoms with van der Waals surface area (Å²) in [5.74, 6) is 0. The van der Waals surface area contributed by atoms with Gasteiger partial charge in [0.25, 0.3) is 0 Å². The van der Waals surface area contributed by atoms with Crippen LogP contribution in [-0.2, 0) is 19.6 Å². The molecule has 0 spiro atoms. The van der Waals surface area contributed by atoms with Crippen LogP contribution in [0, 0.1) is 0 Å². The first kappa shape index (κ1) is 14.4. The van der Waals surface area contributed by atoms with Gasteiger partial charge >= 0.3 is 0 Å². The van der Waals surface area contributed by atoms with Crippen molar-refractivity contribution in [3.63, 3.8) is 0 Å². The van der Waals surface area contributed by atoms with Gasteiger partial charge in [-0.2, -0.15) is 0 Å². The Labute approximate surface area is 74.6 Å². The molecule has 0 bridgehead atoms. The highest BCUT2D eigenvalue weighted by Gasteiger charge is 1.77. The maximum Gasteiger partial charge on any atom is 0.0825 e. The van der Waals surface area contributed by atoms with Crippen LogP contribution in [0.4, 0.5) is 0 Å². The Morgan fingerprint density at radius 3 is 1.25 bits per heavy atom. The van der Waals surface area contributed by atoms with Gasteiger partial charge in [0.2, 0.25) is 0 Å². The molecule has 0 saturated heterocycles. The van der Waals surface area contributed by atoms with Crippen molar-refractivity contribution >= 4 is 0 Å². The number of ether oxygens (including phenoxy) is 1. The van der Waals surface area contributed by atoms with Crippen LogP contribution >= 0.6 is 0 Å². The molecular weight excluding hydrogens is 160 g/mol. The van der Waals surface area contributed by atoms with Crippen LogP contribution in [0.2, 0.25) is 0 Å². The molecule has 0 heterocycles. The van der Waals surface area contributed by atoms with Crippen LogP contribution in [0.15, 0.2) is 0 Å². The highest BCUT2D eigenvalue weighted by Crippen LogP contribution is 1.77. The highest BCUT2D eigenvalue weighted by molar-refractivity contribution is 4.07. The number of hydrogen-bond acceptors (Lipinski definition) is 4. The second-order valence-electron chi connectivity index (χ2n) is 1.66. The van der Waals surface area contributed by atoms with Crippen LogP contribution < -0.4 is 0 Å². The van der Waals surface area contributed by atoms with Gasteiger partial charge < -0.3 is 4.74 Å². The lowest BCUT2D eigenvalue weighted by atomic mass is 10.8. The van der Waals surface area contributed by atoms with E-state index in [1.807, 2.05) is 27.7 Å². The fourth-order valence-corrected chi connectivity index (χ4v) is 0.334. The van der Waals surface area contributed by atoms with Crippen molar-refractivity contribution in [1.29, 1.82) is 0 Å². The molecular formula is C8H20O4. The van der Waals surface area contributed by atoms with E-state index in [1.54, 1.807) is 0 Å². The molecule has 0 aliphatic rings. The van der Waals surface area contributed by atoms with E-state index in [-0.39, 0.29) is 0 Å². The van der Waals surface area contributed by atoms with Crippen molar-refractivity contribution in [3.05, 3.63) is 0 Å². The van der Waals surface area contributed by atoms with Crippen LogP contribution in [-0.4, -0.2) is 26.4 Å². The summed E-state index contributed by atoms with van der Waals surface area (Å²) in [5.41, 5.74) is 0. The van der Waals surface area contributed by atoms with Crippen molar-refractivity contribution in [2.75, 3.05) is 26.4 Å². The molecule has 0 saturated carbocycles. The minimum Gasteiger partial charge on any atom is -0.382 e. The Kier molecular flexibility index (Phi) is 20.4. The molecule has 4 heteroatoms. The normalized spacial score (nSPS) is 9.00. The third-order valence-electron chi connectivity index (χ3n) is 0.740. The Morgan fingerprint density at radius 1 is 0.667 bits per heavy atom. The van der Waals surface area contributed by atoms with E-state index in [4.69, 9.17) is 4.74 Å². The van der Waals surface area contributed by atoms with E-state index in [9.17, 15) is 0 Å². The minimum atomic E-state index is 0.514. The zero-order valence-corrected chi connectivity index (χ0v) is 8.46. The lowest BCUT2D eigenvalue weighted by Gasteiger charge is -1.94. The van der Waals surface area contributed by atoms with Crippen LogP contribution in [0.1, 0.15) is 27.7 Å². The predicted molar refractivity (Wildman–Crippen MR) is 46.5 cm³/mol. The van der Waals surface area contributed by atoms with Gasteiger partial charge in [-0.15, -0.1) is 0 Å². The fraction of sp³-hybridized carbons (Fsp3) is 1.00. The summed E-state index contributed by atoms with van der Waals surface area (Å²) >= 11 is 0. The molecule has 0 unspecified atom stereocenters. The third-order valence-corrected chi connectivity index (χ3v) is 0.740. The third kappa shape index (κ3) is 22.5. The van der Waals surface area contributed by atoms with Gasteiger partial charge in [0.15, 0.2) is 0 Å². The van der Waals surface area contributed by atoms with E-state index in [1.165, 1.54) is 0 Å². The molecule has 12 heavy (non-hydrogen) atoms. The van der Waals surface area contributed by atoms with Crippen molar-refractivity contribution in [2.24, 2.45) is 0 Å². The average Bonchev–Trinajstić information content (AvgIpc) is 2.08. The van der Waals surface area contributed by atoms with Crippen LogP contribution in [0.3, 0.4) is 0 Å². The fourth-order valence-electron chi connectivity index (χ4n) is 0.334. The van der Waals surface area contributed by atoms with Crippen molar-refractivity contribution in [2.45, 2.75) is 27.7 Å². The van der Waals surface area contributed by atoms with Gasteiger partial charge in [0.1, 0.15) is 0 Å². The summed E-state index contributed by atoms with van der Waals surface area (Å²) in [6, 6.07) is 0. The molecule has 0 amide bonds. The van der Waals surface area contributed by atoms with Gasteiger partial charge in [-0.05, 0) is 27.7 Å². The Balaban J connectivity index is 0. The maximum absolute atomic E-state index is 4.83. The van der Waals surface area contributed by atoms with Crippen molar-refractivity contribution in [1.82, 2.24) is 0 Å². The number of hydrogen-bond donors (Lipinski definition) is 0. The molecule has 76 valence electrons. The molecule has 0 radical (unpaired) electrons. The lowest BCUT2D eigenvalue weighted by Crippen LogP contribution is -1.94. The van der Waals surface area contributed by atoms with Gasteiger partial charge in [0.05, 0.1) is 13.2 Å². The van der Waals surface area contributed by atoms with E-state index < -0.39 is 0 Å². The van der Waals surface area contributed by atoms with E-state index >= 15 is 0 Å². The maximum atomic E-state index is 4.83. The lowest BCUT2D eigenvalue weighted by molar-refractivity contribution is -0.509. The molecule has 0 fully saturated rings. The Bertz CT molecular complexity index is 53.0. The summed E-state index contributed by atoms with van der Waals surface area (Å²) in [6.07, 6.45) is 0. The largest absolute Gasteiger partial charge is 0.382 e. The molecule has 0 aromatic heterocycles. The first-order valence-electron chi connectivity index (χ1n) is 4.32. The summed E-state index contributed by atoms with van der Waals surface area (Å²) in [6.45, 7) is 10.3. The smallest absolute Gasteiger partial charge is 0.0825 e. The van der Waals surface area contributed by atoms with Crippen molar-refractivity contribution < 1.29 is 19.6 Å². The summed E-state index contributed by atoms with van der Waals surface area (Å²) in [5, 5.41) is 4.13. The first-order chi connectivity index (χ1) is 5.83. The monoisotopic (exact) mass is 180 g/mol. The van der Waals surface area contributed by atoms with E-state index in [0.717, 1.165) is 13.2 Å². The molecule has 0 aliphatic heterocycles. The molecule has 4 nitrogen and oxygen atoms in total. The molecule has 0 aromatic rings. The standard InChI is InChI=1S/C4H10O3.C4H10O/c1-3-5-7-6-4-2;1-3-5-4-2/h3-4H2,1-2H3;3-4H2,1-2H3. The van der Waals surface area contributed by atoms with Crippen LogP contribution in [0.25, 0.3) is 0 Å². The summed E-state index contributed by atoms with van der Waals surface area (Å²) in [4.78, 5) is 8.70. The van der Waals surface area contributed by atoms with Gasteiger partial charge in [-0.3, -0.25) is 0 Å². The summed E-state index contributed by atoms with van der Waals surface area (Å²) in [7, 11) is 0. The molecule has 0 aliphatic carbocycles. The molecule has 0 rings (SSSR count). The second-order valence-corrected chi connectivity index (χ2v) is 1.66. The SMILES string of the molecule is CCOCC.CCOOOCC. The second kappa shape index (κ2) is 17.1. The summed E-state index contributed by atoms with van der Waals surface area (Å²) < 4.78 is 4.83. The molecule has 0 aromatic carbocycles. The quantitative estimate of drug-likeness (QED) is 0.355. The van der Waals surface area contributed by atoms with Gasteiger partial charge in [-0.25, -0.2) is 9.78 Å². The Hall–Kier alpha value is -0.160. The molecule has 0 atom stereocenters. The topological polar surface area (TPSA) is 36.9 Å². The average molecular weight is 180 g/mol. The minimum absolute atomic E-state index is 0.514.